The zero-order valence-electron chi connectivity index (χ0n) is 17.6. The van der Waals surface area contributed by atoms with E-state index in [2.05, 4.69) is 20.7 Å². The summed E-state index contributed by atoms with van der Waals surface area (Å²) in [6.07, 6.45) is -1.53. The first kappa shape index (κ1) is 19.8. The Morgan fingerprint density at radius 1 is 1.00 bits per heavy atom. The molecule has 2 aliphatic rings. The lowest BCUT2D eigenvalue weighted by molar-refractivity contribution is 0.134. The van der Waals surface area contributed by atoms with Crippen LogP contribution < -0.4 is 15.6 Å². The number of hydrogen-bond donors (Lipinski definition) is 2. The minimum absolute atomic E-state index is 0.187. The van der Waals surface area contributed by atoms with Gasteiger partial charge in [0.2, 0.25) is 0 Å². The van der Waals surface area contributed by atoms with Crippen LogP contribution in [-0.4, -0.2) is 30.0 Å². The summed E-state index contributed by atoms with van der Waals surface area (Å²) in [4.78, 5) is 19.7. The number of nitrogens with zero attached hydrogens (tertiary/aromatic N) is 3. The average Bonchev–Trinajstić information content (AvgIpc) is 3.16. The van der Waals surface area contributed by atoms with Gasteiger partial charge in [0, 0.05) is 11.1 Å². The summed E-state index contributed by atoms with van der Waals surface area (Å²) in [7, 11) is 0. The number of carbonyl (C=O) groups excluding carboxylic acids is 1. The van der Waals surface area contributed by atoms with E-state index < -0.39 is 12.3 Å². The summed E-state index contributed by atoms with van der Waals surface area (Å²) in [6, 6.07) is 27.6. The topological polar surface area (TPSA) is 78.3 Å². The molecule has 0 radical (unpaired) electrons. The quantitative estimate of drug-likeness (QED) is 0.665. The number of para-hydroxylation sites is 1. The van der Waals surface area contributed by atoms with Crippen LogP contribution in [0, 0.1) is 0 Å². The Kier molecular flexibility index (Phi) is 5.29. The number of alkyl carbamates (subject to hydrolysis) is 1. The molecule has 160 valence electrons. The number of nitrogens with one attached hydrogen (secondary N) is 2. The van der Waals surface area contributed by atoms with Gasteiger partial charge in [-0.2, -0.15) is 5.10 Å². The molecule has 7 heteroatoms. The van der Waals surface area contributed by atoms with Crippen LogP contribution in [0.25, 0.3) is 0 Å². The summed E-state index contributed by atoms with van der Waals surface area (Å²) in [5.74, 6) is 0.802. The van der Waals surface area contributed by atoms with Gasteiger partial charge in [0.15, 0.2) is 12.3 Å². The number of rotatable bonds is 4. The van der Waals surface area contributed by atoms with Crippen LogP contribution in [0.2, 0.25) is 0 Å². The summed E-state index contributed by atoms with van der Waals surface area (Å²) in [5, 5.41) is 7.33. The molecule has 1 unspecified atom stereocenters. The Balaban J connectivity index is 1.48. The van der Waals surface area contributed by atoms with Gasteiger partial charge in [-0.05, 0) is 18.6 Å². The van der Waals surface area contributed by atoms with E-state index in [0.29, 0.717) is 0 Å². The van der Waals surface area contributed by atoms with E-state index in [-0.39, 0.29) is 12.8 Å². The Labute approximate surface area is 186 Å². The highest BCUT2D eigenvalue weighted by molar-refractivity contribution is 6.18. The van der Waals surface area contributed by atoms with Crippen molar-refractivity contribution in [2.45, 2.75) is 25.9 Å². The highest BCUT2D eigenvalue weighted by Crippen LogP contribution is 2.31. The molecule has 0 saturated carbocycles. The standard InChI is InChI=1S/C25H23N5O2/c1-17-28-29-24-23(27-25(31)32-16-18-10-4-2-5-11-18)26-22(19-12-6-3-7-13-19)20-14-8-9-15-21(20)30(17)24/h2-15,23-24,29H,16H2,1H3,(H,27,31)/t23-,24?/m0/s1. The van der Waals surface area contributed by atoms with E-state index in [1.807, 2.05) is 91.9 Å². The van der Waals surface area contributed by atoms with E-state index in [0.717, 1.165) is 33.9 Å². The van der Waals surface area contributed by atoms with Crippen molar-refractivity contribution < 1.29 is 9.53 Å². The largest absolute Gasteiger partial charge is 0.445 e. The molecule has 0 saturated heterocycles. The zero-order valence-corrected chi connectivity index (χ0v) is 17.6. The number of hydrogen-bond acceptors (Lipinski definition) is 6. The highest BCUT2D eigenvalue weighted by atomic mass is 16.5. The molecule has 0 aromatic heterocycles. The van der Waals surface area contributed by atoms with Crippen LogP contribution in [0.15, 0.2) is 95.0 Å². The number of carbonyl (C=O) groups is 1. The highest BCUT2D eigenvalue weighted by Gasteiger charge is 2.38. The monoisotopic (exact) mass is 425 g/mol. The first-order valence-corrected chi connectivity index (χ1v) is 10.5. The molecule has 2 heterocycles. The zero-order chi connectivity index (χ0) is 21.9. The smallest absolute Gasteiger partial charge is 0.409 e. The molecule has 7 nitrogen and oxygen atoms in total. The molecule has 2 N–H and O–H groups in total. The average molecular weight is 425 g/mol. The second-order valence-electron chi connectivity index (χ2n) is 7.61. The maximum Gasteiger partial charge on any atom is 0.409 e. The molecule has 0 spiro atoms. The molecular weight excluding hydrogens is 402 g/mol. The molecule has 0 aliphatic carbocycles. The lowest BCUT2D eigenvalue weighted by Gasteiger charge is -2.29. The minimum Gasteiger partial charge on any atom is -0.445 e. The Morgan fingerprint density at radius 2 is 1.69 bits per heavy atom. The van der Waals surface area contributed by atoms with Gasteiger partial charge in [-0.1, -0.05) is 78.9 Å². The fourth-order valence-electron chi connectivity index (χ4n) is 3.99. The maximum atomic E-state index is 12.7. The van der Waals surface area contributed by atoms with Crippen molar-refractivity contribution in [3.8, 4) is 0 Å². The Bertz CT molecular complexity index is 1180. The fourth-order valence-corrected chi connectivity index (χ4v) is 3.99. The molecule has 3 aromatic carbocycles. The number of amidine groups is 1. The SMILES string of the molecule is CC1=NNC2[C@H](NC(=O)OCc3ccccc3)N=C(c3ccccc3)c3ccccc3N12. The third-order valence-corrected chi connectivity index (χ3v) is 5.50. The van der Waals surface area contributed by atoms with Crippen molar-refractivity contribution in [2.75, 3.05) is 4.90 Å². The molecule has 2 aliphatic heterocycles. The maximum absolute atomic E-state index is 12.7. The van der Waals surface area contributed by atoms with Crippen molar-refractivity contribution in [1.82, 2.24) is 10.7 Å². The van der Waals surface area contributed by atoms with Crippen LogP contribution in [0.4, 0.5) is 10.5 Å². The van der Waals surface area contributed by atoms with Gasteiger partial charge in [-0.15, -0.1) is 0 Å². The molecule has 0 bridgehead atoms. The van der Waals surface area contributed by atoms with E-state index in [4.69, 9.17) is 9.73 Å². The van der Waals surface area contributed by atoms with Gasteiger partial charge in [-0.25, -0.2) is 4.79 Å². The van der Waals surface area contributed by atoms with Crippen LogP contribution in [-0.2, 0) is 11.3 Å². The van der Waals surface area contributed by atoms with E-state index in [1.54, 1.807) is 0 Å². The summed E-state index contributed by atoms with van der Waals surface area (Å²) in [5.41, 5.74) is 7.78. The van der Waals surface area contributed by atoms with Crippen molar-refractivity contribution in [1.29, 1.82) is 0 Å². The van der Waals surface area contributed by atoms with E-state index in [1.165, 1.54) is 0 Å². The lowest BCUT2D eigenvalue weighted by Crippen LogP contribution is -2.54. The number of aliphatic imine (C=N–C) groups is 1. The van der Waals surface area contributed by atoms with Crippen molar-refractivity contribution >= 4 is 23.3 Å². The normalized spacial score (nSPS) is 19.0. The Hall–Kier alpha value is -4.13. The predicted octanol–water partition coefficient (Wildman–Crippen LogP) is 3.86. The summed E-state index contributed by atoms with van der Waals surface area (Å²) in [6.45, 7) is 2.12. The third kappa shape index (κ3) is 3.80. The molecule has 1 amide bonds. The summed E-state index contributed by atoms with van der Waals surface area (Å²) < 4.78 is 5.46. The third-order valence-electron chi connectivity index (χ3n) is 5.50. The second-order valence-corrected chi connectivity index (χ2v) is 7.61. The number of ether oxygens (including phenoxy) is 1. The molecule has 2 atom stereocenters. The van der Waals surface area contributed by atoms with E-state index >= 15 is 0 Å². The van der Waals surface area contributed by atoms with Gasteiger partial charge in [-0.3, -0.25) is 15.7 Å². The molecule has 32 heavy (non-hydrogen) atoms. The van der Waals surface area contributed by atoms with Crippen LogP contribution in [0.5, 0.6) is 0 Å². The van der Waals surface area contributed by atoms with Gasteiger partial charge in [0.05, 0.1) is 11.4 Å². The van der Waals surface area contributed by atoms with Gasteiger partial charge in [0.1, 0.15) is 12.4 Å². The van der Waals surface area contributed by atoms with Crippen LogP contribution in [0.1, 0.15) is 23.6 Å². The van der Waals surface area contributed by atoms with E-state index in [9.17, 15) is 4.79 Å². The number of fused-ring (bicyclic) bond motifs is 3. The molecule has 0 fully saturated rings. The van der Waals surface area contributed by atoms with Gasteiger partial charge in [0.25, 0.3) is 0 Å². The molecule has 5 rings (SSSR count). The Morgan fingerprint density at radius 3 is 2.47 bits per heavy atom. The van der Waals surface area contributed by atoms with Crippen LogP contribution in [0.3, 0.4) is 0 Å². The second kappa shape index (κ2) is 8.55. The van der Waals surface area contributed by atoms with Crippen molar-refractivity contribution in [3.05, 3.63) is 102 Å². The van der Waals surface area contributed by atoms with Gasteiger partial charge >= 0.3 is 6.09 Å². The first-order valence-electron chi connectivity index (χ1n) is 10.5. The lowest BCUT2D eigenvalue weighted by atomic mass is 10.0. The fraction of sp³-hybridized carbons (Fsp3) is 0.160. The van der Waals surface area contributed by atoms with Gasteiger partial charge < -0.3 is 9.64 Å². The minimum atomic E-state index is -0.623. The first-order chi connectivity index (χ1) is 15.7. The number of anilines is 1. The molecule has 3 aromatic rings. The van der Waals surface area contributed by atoms with Crippen molar-refractivity contribution in [3.63, 3.8) is 0 Å². The number of hydrazone groups is 1. The molecular formula is C25H23N5O2. The van der Waals surface area contributed by atoms with Crippen LogP contribution >= 0.6 is 0 Å². The van der Waals surface area contributed by atoms with Crippen molar-refractivity contribution in [2.24, 2.45) is 10.1 Å². The predicted molar refractivity (Wildman–Crippen MR) is 125 cm³/mol. The summed E-state index contributed by atoms with van der Waals surface area (Å²) >= 11 is 0. The number of amides is 1. The number of benzene rings is 3.